The first-order valence-electron chi connectivity index (χ1n) is 5.81. The molecule has 1 aliphatic heterocycles. The molecule has 0 aliphatic carbocycles. The highest BCUT2D eigenvalue weighted by Gasteiger charge is 2.23. The molecular weight excluding hydrogens is 280 g/mol. The average molecular weight is 295 g/mol. The lowest BCUT2D eigenvalue weighted by atomic mass is 10.2. The van der Waals surface area contributed by atoms with E-state index in [9.17, 15) is 0 Å². The number of nitriles is 1. The molecule has 0 bridgehead atoms. The molecule has 1 aromatic carbocycles. The van der Waals surface area contributed by atoms with Crippen molar-refractivity contribution in [2.75, 3.05) is 19.7 Å². The summed E-state index contributed by atoms with van der Waals surface area (Å²) in [6.45, 7) is 2.48. The third-order valence-electron chi connectivity index (χ3n) is 2.97. The molecule has 3 nitrogen and oxygen atoms in total. The van der Waals surface area contributed by atoms with Gasteiger partial charge in [0.15, 0.2) is 0 Å². The smallest absolute Gasteiger partial charge is 0.119 e. The van der Waals surface area contributed by atoms with Gasteiger partial charge in [-0.1, -0.05) is 15.9 Å². The van der Waals surface area contributed by atoms with Gasteiger partial charge in [-0.25, -0.2) is 0 Å². The Morgan fingerprint density at radius 2 is 2.18 bits per heavy atom. The molecule has 0 radical (unpaired) electrons. The SMILES string of the molecule is N#CC1CCCN1CCOc1ccc(Br)cc1. The fourth-order valence-corrected chi connectivity index (χ4v) is 2.32. The van der Waals surface area contributed by atoms with E-state index in [4.69, 9.17) is 10.00 Å². The minimum absolute atomic E-state index is 0.0866. The molecular formula is C13H15BrN2O. The van der Waals surface area contributed by atoms with E-state index in [-0.39, 0.29) is 6.04 Å². The van der Waals surface area contributed by atoms with Crippen LogP contribution in [0.3, 0.4) is 0 Å². The van der Waals surface area contributed by atoms with Crippen molar-refractivity contribution in [3.63, 3.8) is 0 Å². The highest BCUT2D eigenvalue weighted by atomic mass is 79.9. The first kappa shape index (κ1) is 12.4. The number of rotatable bonds is 4. The molecule has 0 amide bonds. The number of hydrogen-bond acceptors (Lipinski definition) is 3. The second kappa shape index (κ2) is 6.04. The van der Waals surface area contributed by atoms with Gasteiger partial charge in [0, 0.05) is 11.0 Å². The van der Waals surface area contributed by atoms with Crippen molar-refractivity contribution >= 4 is 15.9 Å². The van der Waals surface area contributed by atoms with Gasteiger partial charge in [0.1, 0.15) is 12.4 Å². The largest absolute Gasteiger partial charge is 0.492 e. The lowest BCUT2D eigenvalue weighted by molar-refractivity contribution is 0.218. The van der Waals surface area contributed by atoms with Gasteiger partial charge in [-0.3, -0.25) is 4.90 Å². The van der Waals surface area contributed by atoms with Gasteiger partial charge in [0.05, 0.1) is 12.1 Å². The van der Waals surface area contributed by atoms with E-state index in [1.807, 2.05) is 24.3 Å². The standard InChI is InChI=1S/C13H15BrN2O/c14-11-3-5-13(6-4-11)17-9-8-16-7-1-2-12(16)10-15/h3-6,12H,1-2,7-9H2. The molecule has 2 rings (SSSR count). The second-order valence-corrected chi connectivity index (χ2v) is 5.04. The molecule has 17 heavy (non-hydrogen) atoms. The van der Waals surface area contributed by atoms with E-state index >= 15 is 0 Å². The summed E-state index contributed by atoms with van der Waals surface area (Å²) in [6.07, 6.45) is 2.12. The summed E-state index contributed by atoms with van der Waals surface area (Å²) in [5.41, 5.74) is 0. The highest BCUT2D eigenvalue weighted by molar-refractivity contribution is 9.10. The van der Waals surface area contributed by atoms with Crippen molar-refractivity contribution in [1.29, 1.82) is 5.26 Å². The molecule has 1 aliphatic rings. The fourth-order valence-electron chi connectivity index (χ4n) is 2.05. The summed E-state index contributed by atoms with van der Waals surface area (Å²) in [6, 6.07) is 10.2. The lowest BCUT2D eigenvalue weighted by Crippen LogP contribution is -2.32. The van der Waals surface area contributed by atoms with Gasteiger partial charge in [0.25, 0.3) is 0 Å². The predicted molar refractivity (Wildman–Crippen MR) is 69.8 cm³/mol. The maximum absolute atomic E-state index is 8.95. The molecule has 0 spiro atoms. The second-order valence-electron chi connectivity index (χ2n) is 4.13. The van der Waals surface area contributed by atoms with Crippen LogP contribution in [0.15, 0.2) is 28.7 Å². The Balaban J connectivity index is 1.76. The van der Waals surface area contributed by atoms with Gasteiger partial charge >= 0.3 is 0 Å². The minimum Gasteiger partial charge on any atom is -0.492 e. The van der Waals surface area contributed by atoms with Crippen molar-refractivity contribution in [2.24, 2.45) is 0 Å². The summed E-state index contributed by atoms with van der Waals surface area (Å²) >= 11 is 3.38. The van der Waals surface area contributed by atoms with E-state index < -0.39 is 0 Å². The first-order chi connectivity index (χ1) is 8.29. The zero-order chi connectivity index (χ0) is 12.1. The summed E-state index contributed by atoms with van der Waals surface area (Å²) in [5.74, 6) is 0.876. The van der Waals surface area contributed by atoms with Gasteiger partial charge in [-0.2, -0.15) is 5.26 Å². The van der Waals surface area contributed by atoms with E-state index in [1.165, 1.54) is 0 Å². The average Bonchev–Trinajstić information content (AvgIpc) is 2.79. The van der Waals surface area contributed by atoms with Crippen LogP contribution in [-0.2, 0) is 0 Å². The normalized spacial score (nSPS) is 20.1. The summed E-state index contributed by atoms with van der Waals surface area (Å²) in [5, 5.41) is 8.95. The van der Waals surface area contributed by atoms with Crippen molar-refractivity contribution in [1.82, 2.24) is 4.90 Å². The monoisotopic (exact) mass is 294 g/mol. The number of halogens is 1. The molecule has 1 saturated heterocycles. The molecule has 4 heteroatoms. The van der Waals surface area contributed by atoms with Crippen LogP contribution in [0.4, 0.5) is 0 Å². The molecule has 1 aromatic rings. The van der Waals surface area contributed by atoms with Crippen molar-refractivity contribution in [3.8, 4) is 11.8 Å². The molecule has 90 valence electrons. The Bertz CT molecular complexity index is 399. The Labute approximate surface area is 110 Å². The summed E-state index contributed by atoms with van der Waals surface area (Å²) in [7, 11) is 0. The van der Waals surface area contributed by atoms with Crippen LogP contribution < -0.4 is 4.74 Å². The molecule has 1 unspecified atom stereocenters. The zero-order valence-corrected chi connectivity index (χ0v) is 11.2. The maximum atomic E-state index is 8.95. The Hall–Kier alpha value is -1.05. The first-order valence-corrected chi connectivity index (χ1v) is 6.61. The molecule has 1 fully saturated rings. The van der Waals surface area contributed by atoms with Gasteiger partial charge in [0.2, 0.25) is 0 Å². The Kier molecular flexibility index (Phi) is 4.41. The topological polar surface area (TPSA) is 36.3 Å². The zero-order valence-electron chi connectivity index (χ0n) is 9.60. The van der Waals surface area contributed by atoms with Gasteiger partial charge < -0.3 is 4.74 Å². The van der Waals surface area contributed by atoms with Crippen LogP contribution in [0.5, 0.6) is 5.75 Å². The molecule has 0 N–H and O–H groups in total. The Morgan fingerprint density at radius 1 is 1.41 bits per heavy atom. The number of benzene rings is 1. The van der Waals surface area contributed by atoms with Crippen LogP contribution in [0, 0.1) is 11.3 Å². The number of ether oxygens (including phenoxy) is 1. The van der Waals surface area contributed by atoms with E-state index in [0.29, 0.717) is 6.61 Å². The van der Waals surface area contributed by atoms with Gasteiger partial charge in [-0.05, 0) is 43.7 Å². The molecule has 0 aromatic heterocycles. The lowest BCUT2D eigenvalue weighted by Gasteiger charge is -2.18. The predicted octanol–water partition coefficient (Wildman–Crippen LogP) is 2.82. The van der Waals surface area contributed by atoms with Crippen molar-refractivity contribution < 1.29 is 4.74 Å². The minimum atomic E-state index is 0.0866. The van der Waals surface area contributed by atoms with Crippen molar-refractivity contribution in [3.05, 3.63) is 28.7 Å². The van der Waals surface area contributed by atoms with Crippen LogP contribution in [0.25, 0.3) is 0 Å². The third kappa shape index (κ3) is 3.45. The van der Waals surface area contributed by atoms with E-state index in [1.54, 1.807) is 0 Å². The number of hydrogen-bond donors (Lipinski definition) is 0. The maximum Gasteiger partial charge on any atom is 0.119 e. The summed E-state index contributed by atoms with van der Waals surface area (Å²) < 4.78 is 6.69. The quantitative estimate of drug-likeness (QED) is 0.857. The van der Waals surface area contributed by atoms with Crippen molar-refractivity contribution in [2.45, 2.75) is 18.9 Å². The molecule has 1 heterocycles. The number of likely N-dealkylation sites (tertiary alicyclic amines) is 1. The highest BCUT2D eigenvalue weighted by Crippen LogP contribution is 2.18. The van der Waals surface area contributed by atoms with Crippen LogP contribution in [-0.4, -0.2) is 30.6 Å². The van der Waals surface area contributed by atoms with Crippen LogP contribution >= 0.6 is 15.9 Å². The van der Waals surface area contributed by atoms with Gasteiger partial charge in [-0.15, -0.1) is 0 Å². The summed E-state index contributed by atoms with van der Waals surface area (Å²) in [4.78, 5) is 2.19. The van der Waals surface area contributed by atoms with Crippen LogP contribution in [0.1, 0.15) is 12.8 Å². The Morgan fingerprint density at radius 3 is 2.88 bits per heavy atom. The third-order valence-corrected chi connectivity index (χ3v) is 3.50. The molecule has 1 atom stereocenters. The fraction of sp³-hybridized carbons (Fsp3) is 0.462. The van der Waals surface area contributed by atoms with Crippen LogP contribution in [0.2, 0.25) is 0 Å². The number of nitrogens with zero attached hydrogens (tertiary/aromatic N) is 2. The molecule has 0 saturated carbocycles. The van der Waals surface area contributed by atoms with E-state index in [2.05, 4.69) is 26.9 Å². The van der Waals surface area contributed by atoms with E-state index in [0.717, 1.165) is 36.2 Å².